The number of rotatable bonds is 7. The Morgan fingerprint density at radius 2 is 1.83 bits per heavy atom. The molecule has 0 saturated heterocycles. The molecular weight excluding hydrogens is 586 g/mol. The van der Waals surface area contributed by atoms with Crippen LogP contribution < -0.4 is 5.32 Å². The normalized spacial score (nSPS) is 22.6. The van der Waals surface area contributed by atoms with Gasteiger partial charge in [-0.25, -0.2) is 22.2 Å². The fraction of sp³-hybridized carbons (Fsp3) is 0.300. The molecule has 0 radical (unpaired) electrons. The van der Waals surface area contributed by atoms with E-state index in [-0.39, 0.29) is 34.0 Å². The van der Waals surface area contributed by atoms with Crippen LogP contribution in [0.15, 0.2) is 78.2 Å². The standard InChI is InChI=1S/C30H29ClF2N4O4S/c1-3-20-16-23(14-18(2)30(20,39)29-35-12-13-37(29)22-8-10-34-11-9-22)42(40,41)27-15-19(4-6-24(27)31)28(38)36-21-5-7-25(32)26(33)17-21/h4-13,15,17-18,20,23,39H,3,14,16H2,1-2H3,(H,36,38)/t18-,20?,23-,30-/m0/s1. The van der Waals surface area contributed by atoms with E-state index in [1.54, 1.807) is 41.5 Å². The largest absolute Gasteiger partial charge is 0.381 e. The fourth-order valence-electron chi connectivity index (χ4n) is 5.84. The Morgan fingerprint density at radius 3 is 2.52 bits per heavy atom. The molecule has 4 aromatic rings. The van der Waals surface area contributed by atoms with E-state index in [1.165, 1.54) is 24.3 Å². The molecule has 1 fully saturated rings. The van der Waals surface area contributed by atoms with Gasteiger partial charge in [0.25, 0.3) is 5.91 Å². The Kier molecular flexibility index (Phi) is 8.19. The van der Waals surface area contributed by atoms with E-state index < -0.39 is 50.1 Å². The van der Waals surface area contributed by atoms with Gasteiger partial charge in [0.15, 0.2) is 21.5 Å². The molecule has 8 nitrogen and oxygen atoms in total. The van der Waals surface area contributed by atoms with Crippen molar-refractivity contribution >= 4 is 33.0 Å². The van der Waals surface area contributed by atoms with Gasteiger partial charge < -0.3 is 15.0 Å². The lowest BCUT2D eigenvalue weighted by Gasteiger charge is -2.46. The van der Waals surface area contributed by atoms with Gasteiger partial charge in [-0.3, -0.25) is 9.78 Å². The maximum atomic E-state index is 14.0. The Balaban J connectivity index is 1.44. The fourth-order valence-corrected chi connectivity index (χ4v) is 8.29. The van der Waals surface area contributed by atoms with Crippen molar-refractivity contribution in [3.05, 3.63) is 101 Å². The molecular formula is C30H29ClF2N4O4S. The predicted octanol–water partition coefficient (Wildman–Crippen LogP) is 5.94. The first-order valence-corrected chi connectivity index (χ1v) is 15.4. The van der Waals surface area contributed by atoms with Gasteiger partial charge in [0.1, 0.15) is 11.4 Å². The summed E-state index contributed by atoms with van der Waals surface area (Å²) >= 11 is 6.37. The van der Waals surface area contributed by atoms with Gasteiger partial charge in [0.2, 0.25) is 0 Å². The number of nitrogens with zero attached hydrogens (tertiary/aromatic N) is 3. The number of imidazole rings is 1. The number of amides is 1. The van der Waals surface area contributed by atoms with E-state index in [2.05, 4.69) is 15.3 Å². The zero-order valence-corrected chi connectivity index (χ0v) is 24.4. The van der Waals surface area contributed by atoms with Crippen LogP contribution in [0.5, 0.6) is 0 Å². The average Bonchev–Trinajstić information content (AvgIpc) is 3.47. The van der Waals surface area contributed by atoms with Crippen molar-refractivity contribution in [2.24, 2.45) is 11.8 Å². The maximum absolute atomic E-state index is 14.0. The molecule has 1 unspecified atom stereocenters. The van der Waals surface area contributed by atoms with E-state index in [0.717, 1.165) is 17.8 Å². The lowest BCUT2D eigenvalue weighted by Crippen LogP contribution is -2.50. The highest BCUT2D eigenvalue weighted by Gasteiger charge is 2.53. The molecule has 0 spiro atoms. The molecule has 2 N–H and O–H groups in total. The molecule has 1 aliphatic rings. The molecule has 1 saturated carbocycles. The van der Waals surface area contributed by atoms with Crippen molar-refractivity contribution < 1.29 is 27.1 Å². The molecule has 1 aliphatic carbocycles. The molecule has 42 heavy (non-hydrogen) atoms. The second-order valence-corrected chi connectivity index (χ2v) is 13.1. The number of carbonyl (C=O) groups excluding carboxylic acids is 1. The number of halogens is 3. The zero-order valence-electron chi connectivity index (χ0n) is 22.8. The van der Waals surface area contributed by atoms with Crippen LogP contribution in [-0.4, -0.2) is 39.2 Å². The second kappa shape index (κ2) is 11.5. The first kappa shape index (κ1) is 29.8. The summed E-state index contributed by atoms with van der Waals surface area (Å²) in [4.78, 5) is 21.2. The first-order chi connectivity index (χ1) is 20.0. The third-order valence-electron chi connectivity index (χ3n) is 8.09. The van der Waals surface area contributed by atoms with Crippen LogP contribution in [-0.2, 0) is 15.4 Å². The first-order valence-electron chi connectivity index (χ1n) is 13.4. The number of pyridine rings is 1. The van der Waals surface area contributed by atoms with Gasteiger partial charge in [-0.05, 0) is 67.1 Å². The summed E-state index contributed by atoms with van der Waals surface area (Å²) in [5, 5.41) is 13.7. The number of hydrogen-bond donors (Lipinski definition) is 2. The molecule has 2 heterocycles. The summed E-state index contributed by atoms with van der Waals surface area (Å²) in [5.74, 6) is -3.44. The van der Waals surface area contributed by atoms with Gasteiger partial charge in [-0.1, -0.05) is 31.9 Å². The second-order valence-electron chi connectivity index (χ2n) is 10.5. The van der Waals surface area contributed by atoms with Crippen molar-refractivity contribution in [1.29, 1.82) is 0 Å². The lowest BCUT2D eigenvalue weighted by atomic mass is 9.67. The average molecular weight is 615 g/mol. The van der Waals surface area contributed by atoms with Crippen molar-refractivity contribution in [2.75, 3.05) is 5.32 Å². The molecule has 0 bridgehead atoms. The Hall–Kier alpha value is -3.67. The number of benzene rings is 2. The van der Waals surface area contributed by atoms with E-state index in [4.69, 9.17) is 11.6 Å². The molecule has 2 aromatic carbocycles. The minimum atomic E-state index is -4.06. The number of aliphatic hydroxyl groups is 1. The van der Waals surface area contributed by atoms with Crippen LogP contribution in [0.1, 0.15) is 49.3 Å². The number of anilines is 1. The number of nitrogens with one attached hydrogen (secondary N) is 1. The van der Waals surface area contributed by atoms with Crippen LogP contribution in [0.2, 0.25) is 5.02 Å². The monoisotopic (exact) mass is 614 g/mol. The van der Waals surface area contributed by atoms with Crippen molar-refractivity contribution in [3.8, 4) is 5.69 Å². The molecule has 1 amide bonds. The number of hydrogen-bond acceptors (Lipinski definition) is 6. The van der Waals surface area contributed by atoms with Crippen molar-refractivity contribution in [2.45, 2.75) is 48.9 Å². The van der Waals surface area contributed by atoms with Crippen LogP contribution in [0.3, 0.4) is 0 Å². The predicted molar refractivity (Wildman–Crippen MR) is 154 cm³/mol. The van der Waals surface area contributed by atoms with E-state index in [0.29, 0.717) is 12.2 Å². The van der Waals surface area contributed by atoms with Gasteiger partial charge in [0.05, 0.1) is 15.2 Å². The summed E-state index contributed by atoms with van der Waals surface area (Å²) in [6.07, 6.45) is 7.40. The van der Waals surface area contributed by atoms with Gasteiger partial charge >= 0.3 is 0 Å². The van der Waals surface area contributed by atoms with Gasteiger partial charge in [0, 0.05) is 47.8 Å². The van der Waals surface area contributed by atoms with Gasteiger partial charge in [-0.15, -0.1) is 0 Å². The maximum Gasteiger partial charge on any atom is 0.255 e. The Bertz CT molecular complexity index is 1730. The van der Waals surface area contributed by atoms with E-state index >= 15 is 0 Å². The summed E-state index contributed by atoms with van der Waals surface area (Å²) in [6, 6.07) is 10.4. The SMILES string of the molecule is CCC1C[C@@H](S(=O)(=O)c2cc(C(=O)Nc3ccc(F)c(F)c3)ccc2Cl)C[C@H](C)[C@@]1(O)c1nccn1-c1ccncc1. The smallest absolute Gasteiger partial charge is 0.255 e. The van der Waals surface area contributed by atoms with E-state index in [9.17, 15) is 27.1 Å². The number of sulfone groups is 1. The molecule has 0 aliphatic heterocycles. The summed E-state index contributed by atoms with van der Waals surface area (Å²) in [5.41, 5.74) is -0.652. The topological polar surface area (TPSA) is 114 Å². The summed E-state index contributed by atoms with van der Waals surface area (Å²) in [6.45, 7) is 3.70. The van der Waals surface area contributed by atoms with Crippen LogP contribution in [0.25, 0.3) is 5.69 Å². The third-order valence-corrected chi connectivity index (χ3v) is 10.7. The highest BCUT2D eigenvalue weighted by atomic mass is 35.5. The van der Waals surface area contributed by atoms with Gasteiger partial charge in [-0.2, -0.15) is 0 Å². The molecule has 2 aromatic heterocycles. The van der Waals surface area contributed by atoms with E-state index in [1.807, 2.05) is 13.8 Å². The Morgan fingerprint density at radius 1 is 1.10 bits per heavy atom. The highest BCUT2D eigenvalue weighted by molar-refractivity contribution is 7.92. The van der Waals surface area contributed by atoms with Crippen LogP contribution in [0, 0.1) is 23.5 Å². The number of carbonyl (C=O) groups is 1. The van der Waals surface area contributed by atoms with Crippen molar-refractivity contribution in [1.82, 2.24) is 14.5 Å². The molecule has 12 heteroatoms. The summed E-state index contributed by atoms with van der Waals surface area (Å²) < 4.78 is 56.7. The molecule has 5 rings (SSSR count). The third kappa shape index (κ3) is 5.32. The number of aromatic nitrogens is 3. The minimum absolute atomic E-state index is 0.00885. The van der Waals surface area contributed by atoms with Crippen LogP contribution >= 0.6 is 11.6 Å². The summed E-state index contributed by atoms with van der Waals surface area (Å²) in [7, 11) is -4.06. The molecule has 220 valence electrons. The highest BCUT2D eigenvalue weighted by Crippen LogP contribution is 2.49. The minimum Gasteiger partial charge on any atom is -0.381 e. The Labute approximate surface area is 247 Å². The van der Waals surface area contributed by atoms with Crippen LogP contribution in [0.4, 0.5) is 14.5 Å². The zero-order chi connectivity index (χ0) is 30.2. The quantitative estimate of drug-likeness (QED) is 0.266. The van der Waals surface area contributed by atoms with Crippen molar-refractivity contribution in [3.63, 3.8) is 0 Å². The lowest BCUT2D eigenvalue weighted by molar-refractivity contribution is -0.103. The molecule has 4 atom stereocenters.